The third-order valence-electron chi connectivity index (χ3n) is 2.06. The van der Waals surface area contributed by atoms with Crippen LogP contribution in [0, 0.1) is 0 Å². The van der Waals surface area contributed by atoms with Crippen LogP contribution >= 0.6 is 0 Å². The van der Waals surface area contributed by atoms with Crippen LogP contribution in [0.2, 0.25) is 0 Å². The molecule has 0 saturated heterocycles. The van der Waals surface area contributed by atoms with Crippen molar-refractivity contribution < 1.29 is 4.79 Å². The molecule has 3 nitrogen and oxygen atoms in total. The van der Waals surface area contributed by atoms with Gasteiger partial charge < -0.3 is 0 Å². The number of hydrogen-bond acceptors (Lipinski definition) is 3. The van der Waals surface area contributed by atoms with Crippen molar-refractivity contribution in [2.24, 2.45) is 0 Å². The number of fused-ring (bicyclic) bond motifs is 1. The lowest BCUT2D eigenvalue weighted by Crippen LogP contribution is -2.31. The second-order valence-corrected chi connectivity index (χ2v) is 3.13. The summed E-state index contributed by atoms with van der Waals surface area (Å²) < 4.78 is 0. The second kappa shape index (κ2) is 2.68. The summed E-state index contributed by atoms with van der Waals surface area (Å²) in [6, 6.07) is 1.80. The number of aromatic nitrogens is 1. The average Bonchev–Trinajstić information content (AvgIpc) is 2.04. The Morgan fingerprint density at radius 2 is 2.33 bits per heavy atom. The predicted octanol–water partition coefficient (Wildman–Crippen LogP) is 0.710. The van der Waals surface area contributed by atoms with Crippen LogP contribution in [-0.2, 0) is 6.54 Å². The molecule has 0 unspecified atom stereocenters. The number of pyridine rings is 1. The number of nitrogens with zero attached hydrogens (tertiary/aromatic N) is 2. The number of rotatable bonds is 0. The Labute approximate surface area is 71.0 Å². The first-order valence-corrected chi connectivity index (χ1v) is 3.92. The number of ketones is 1. The quantitative estimate of drug-likeness (QED) is 0.563. The summed E-state index contributed by atoms with van der Waals surface area (Å²) in [4.78, 5) is 17.4. The van der Waals surface area contributed by atoms with Crippen LogP contribution in [0.5, 0.6) is 0 Å². The maximum absolute atomic E-state index is 11.4. The van der Waals surface area contributed by atoms with Crippen LogP contribution in [0.15, 0.2) is 18.5 Å². The van der Waals surface area contributed by atoms with Crippen molar-refractivity contribution in [1.82, 2.24) is 9.88 Å². The van der Waals surface area contributed by atoms with Crippen LogP contribution < -0.4 is 0 Å². The molecule has 0 aromatic carbocycles. The van der Waals surface area contributed by atoms with Crippen molar-refractivity contribution in [3.8, 4) is 0 Å². The van der Waals surface area contributed by atoms with Gasteiger partial charge in [-0.05, 0) is 18.7 Å². The molecule has 1 aliphatic rings. The third kappa shape index (κ3) is 1.12. The highest BCUT2D eigenvalue weighted by Crippen LogP contribution is 2.15. The average molecular weight is 162 g/mol. The van der Waals surface area contributed by atoms with Crippen molar-refractivity contribution >= 4 is 5.78 Å². The minimum Gasteiger partial charge on any atom is -0.294 e. The van der Waals surface area contributed by atoms with Crippen LogP contribution in [0.4, 0.5) is 0 Å². The summed E-state index contributed by atoms with van der Waals surface area (Å²) >= 11 is 0. The van der Waals surface area contributed by atoms with Gasteiger partial charge in [0.05, 0.1) is 6.54 Å². The van der Waals surface area contributed by atoms with E-state index in [9.17, 15) is 4.79 Å². The van der Waals surface area contributed by atoms with E-state index >= 15 is 0 Å². The van der Waals surface area contributed by atoms with Crippen LogP contribution in [-0.4, -0.2) is 29.3 Å². The first kappa shape index (κ1) is 7.43. The molecule has 1 aromatic rings. The van der Waals surface area contributed by atoms with Crippen molar-refractivity contribution in [2.45, 2.75) is 6.54 Å². The molecule has 0 spiro atoms. The van der Waals surface area contributed by atoms with Crippen molar-refractivity contribution in [3.63, 3.8) is 0 Å². The van der Waals surface area contributed by atoms with E-state index in [2.05, 4.69) is 4.98 Å². The van der Waals surface area contributed by atoms with Crippen LogP contribution in [0.25, 0.3) is 0 Å². The summed E-state index contributed by atoms with van der Waals surface area (Å²) in [7, 11) is 1.94. The molecule has 0 saturated carbocycles. The van der Waals surface area contributed by atoms with Crippen molar-refractivity contribution in [2.75, 3.05) is 13.6 Å². The Balaban J connectivity index is 2.47. The maximum atomic E-state index is 11.4. The van der Waals surface area contributed by atoms with Gasteiger partial charge in [-0.15, -0.1) is 0 Å². The topological polar surface area (TPSA) is 33.2 Å². The Hall–Kier alpha value is -1.22. The van der Waals surface area contributed by atoms with Gasteiger partial charge in [0.2, 0.25) is 0 Å². The van der Waals surface area contributed by atoms with E-state index in [-0.39, 0.29) is 5.78 Å². The zero-order chi connectivity index (χ0) is 8.55. The molecule has 0 N–H and O–H groups in total. The maximum Gasteiger partial charge on any atom is 0.177 e. The van der Waals surface area contributed by atoms with Gasteiger partial charge in [-0.25, -0.2) is 0 Å². The zero-order valence-corrected chi connectivity index (χ0v) is 6.95. The van der Waals surface area contributed by atoms with E-state index in [0.29, 0.717) is 6.54 Å². The second-order valence-electron chi connectivity index (χ2n) is 3.13. The lowest BCUT2D eigenvalue weighted by molar-refractivity contribution is 0.0922. The Morgan fingerprint density at radius 1 is 1.50 bits per heavy atom. The molecule has 0 atom stereocenters. The third-order valence-corrected chi connectivity index (χ3v) is 2.06. The minimum atomic E-state index is 0.196. The lowest BCUT2D eigenvalue weighted by atomic mass is 10.0. The fourth-order valence-electron chi connectivity index (χ4n) is 1.50. The number of hydrogen-bond donors (Lipinski definition) is 0. The van der Waals surface area contributed by atoms with Gasteiger partial charge in [0, 0.05) is 24.5 Å². The van der Waals surface area contributed by atoms with E-state index in [0.717, 1.165) is 17.7 Å². The van der Waals surface area contributed by atoms with Gasteiger partial charge in [-0.3, -0.25) is 14.7 Å². The Bertz CT molecular complexity index is 322. The molecule has 0 fully saturated rings. The first-order valence-electron chi connectivity index (χ1n) is 3.92. The lowest BCUT2D eigenvalue weighted by Gasteiger charge is -2.22. The first-order chi connectivity index (χ1) is 5.77. The SMILES string of the molecule is CN1CC(=O)c2ccncc2C1. The molecule has 12 heavy (non-hydrogen) atoms. The summed E-state index contributed by atoms with van der Waals surface area (Å²) in [6.07, 6.45) is 3.44. The van der Waals surface area contributed by atoms with Crippen molar-refractivity contribution in [3.05, 3.63) is 29.6 Å². The zero-order valence-electron chi connectivity index (χ0n) is 6.95. The highest BCUT2D eigenvalue weighted by atomic mass is 16.1. The summed E-state index contributed by atoms with van der Waals surface area (Å²) in [5, 5.41) is 0. The highest BCUT2D eigenvalue weighted by Gasteiger charge is 2.19. The number of carbonyl (C=O) groups excluding carboxylic acids is 1. The number of carbonyl (C=O) groups is 1. The molecule has 1 aliphatic heterocycles. The predicted molar refractivity (Wildman–Crippen MR) is 44.9 cm³/mol. The van der Waals surface area contributed by atoms with Gasteiger partial charge in [0.1, 0.15) is 0 Å². The molecular formula is C9H10N2O. The molecule has 0 bridgehead atoms. The molecule has 2 heterocycles. The van der Waals surface area contributed by atoms with Gasteiger partial charge in [-0.2, -0.15) is 0 Å². The standard InChI is InChI=1S/C9H10N2O/c1-11-5-7-4-10-3-2-8(7)9(12)6-11/h2-4H,5-6H2,1H3. The molecule has 62 valence electrons. The van der Waals surface area contributed by atoms with E-state index in [1.165, 1.54) is 0 Å². The van der Waals surface area contributed by atoms with Gasteiger partial charge in [-0.1, -0.05) is 0 Å². The van der Waals surface area contributed by atoms with Gasteiger partial charge in [0.15, 0.2) is 5.78 Å². The molecule has 2 rings (SSSR count). The number of likely N-dealkylation sites (N-methyl/N-ethyl adjacent to an activating group) is 1. The fourth-order valence-corrected chi connectivity index (χ4v) is 1.50. The van der Waals surface area contributed by atoms with E-state index in [1.807, 2.05) is 11.9 Å². The minimum absolute atomic E-state index is 0.196. The van der Waals surface area contributed by atoms with E-state index in [1.54, 1.807) is 18.5 Å². The van der Waals surface area contributed by atoms with E-state index < -0.39 is 0 Å². The fraction of sp³-hybridized carbons (Fsp3) is 0.333. The van der Waals surface area contributed by atoms with Gasteiger partial charge in [0.25, 0.3) is 0 Å². The Kier molecular flexibility index (Phi) is 1.66. The van der Waals surface area contributed by atoms with Crippen molar-refractivity contribution in [1.29, 1.82) is 0 Å². The molecular weight excluding hydrogens is 152 g/mol. The summed E-state index contributed by atoms with van der Waals surface area (Å²) in [5.74, 6) is 0.196. The summed E-state index contributed by atoms with van der Waals surface area (Å²) in [6.45, 7) is 1.35. The highest BCUT2D eigenvalue weighted by molar-refractivity contribution is 5.99. The van der Waals surface area contributed by atoms with Gasteiger partial charge >= 0.3 is 0 Å². The Morgan fingerprint density at radius 3 is 3.17 bits per heavy atom. The largest absolute Gasteiger partial charge is 0.294 e. The molecule has 0 amide bonds. The smallest absolute Gasteiger partial charge is 0.177 e. The van der Waals surface area contributed by atoms with Crippen LogP contribution in [0.3, 0.4) is 0 Å². The summed E-state index contributed by atoms with van der Waals surface area (Å²) in [5.41, 5.74) is 1.87. The van der Waals surface area contributed by atoms with E-state index in [4.69, 9.17) is 0 Å². The molecule has 0 radical (unpaired) electrons. The molecule has 3 heteroatoms. The number of Topliss-reactive ketones (excluding diaryl/α,β-unsaturated/α-hetero) is 1. The molecule has 1 aromatic heterocycles. The normalized spacial score (nSPS) is 17.6. The molecule has 0 aliphatic carbocycles. The van der Waals surface area contributed by atoms with Crippen LogP contribution in [0.1, 0.15) is 15.9 Å². The monoisotopic (exact) mass is 162 g/mol.